The first-order chi connectivity index (χ1) is 7.95. The highest BCUT2D eigenvalue weighted by molar-refractivity contribution is 6.33. The molecule has 1 unspecified atom stereocenters. The Kier molecular flexibility index (Phi) is 4.84. The van der Waals surface area contributed by atoms with Gasteiger partial charge in [-0.15, -0.1) is 0 Å². The smallest absolute Gasteiger partial charge is 0.140 e. The molecule has 0 bridgehead atoms. The summed E-state index contributed by atoms with van der Waals surface area (Å²) < 4.78 is 5.38. The Morgan fingerprint density at radius 3 is 2.24 bits per heavy atom. The Hall–Kier alpha value is -0.730. The van der Waals surface area contributed by atoms with Gasteiger partial charge in [-0.05, 0) is 61.9 Å². The van der Waals surface area contributed by atoms with Crippen molar-refractivity contribution in [3.63, 3.8) is 0 Å². The summed E-state index contributed by atoms with van der Waals surface area (Å²) in [6.07, 6.45) is 0.976. The predicted molar refractivity (Wildman–Crippen MR) is 74.3 cm³/mol. The van der Waals surface area contributed by atoms with Gasteiger partial charge in [0.05, 0.1) is 12.1 Å². The Morgan fingerprint density at radius 1 is 1.18 bits per heavy atom. The van der Waals surface area contributed by atoms with Gasteiger partial charge < -0.3 is 10.5 Å². The molecule has 0 aliphatic carbocycles. The first-order valence-electron chi connectivity index (χ1n) is 5.98. The van der Waals surface area contributed by atoms with Crippen LogP contribution in [0.4, 0.5) is 0 Å². The summed E-state index contributed by atoms with van der Waals surface area (Å²) in [5.41, 5.74) is 10.5. The lowest BCUT2D eigenvalue weighted by molar-refractivity contribution is 0.410. The van der Waals surface area contributed by atoms with E-state index in [-0.39, 0.29) is 0 Å². The molecule has 0 radical (unpaired) electrons. The zero-order valence-electron chi connectivity index (χ0n) is 11.4. The van der Waals surface area contributed by atoms with Crippen LogP contribution in [0, 0.1) is 20.8 Å². The standard InChI is InChI=1S/C14H22ClNO/c1-8(6-7-16)12-9(2)10(3)14(17-5)13(15)11(12)4/h8H,6-7,16H2,1-5H3. The molecule has 2 N–H and O–H groups in total. The van der Waals surface area contributed by atoms with E-state index >= 15 is 0 Å². The van der Waals surface area contributed by atoms with Crippen LogP contribution in [0.2, 0.25) is 5.02 Å². The molecular weight excluding hydrogens is 234 g/mol. The van der Waals surface area contributed by atoms with Gasteiger partial charge in [-0.1, -0.05) is 18.5 Å². The second kappa shape index (κ2) is 5.74. The molecule has 0 aliphatic heterocycles. The minimum atomic E-state index is 0.433. The molecule has 0 aliphatic rings. The molecule has 0 saturated carbocycles. The van der Waals surface area contributed by atoms with Crippen LogP contribution in [0.15, 0.2) is 0 Å². The van der Waals surface area contributed by atoms with Crippen LogP contribution >= 0.6 is 11.6 Å². The first-order valence-corrected chi connectivity index (χ1v) is 6.36. The van der Waals surface area contributed by atoms with Crippen molar-refractivity contribution in [3.8, 4) is 5.75 Å². The summed E-state index contributed by atoms with van der Waals surface area (Å²) in [7, 11) is 1.66. The quantitative estimate of drug-likeness (QED) is 0.890. The largest absolute Gasteiger partial charge is 0.495 e. The topological polar surface area (TPSA) is 35.2 Å². The van der Waals surface area contributed by atoms with Crippen molar-refractivity contribution in [1.29, 1.82) is 0 Å². The molecule has 1 atom stereocenters. The Labute approximate surface area is 109 Å². The van der Waals surface area contributed by atoms with Crippen molar-refractivity contribution in [3.05, 3.63) is 27.3 Å². The second-order valence-electron chi connectivity index (χ2n) is 4.61. The molecule has 0 fully saturated rings. The number of halogens is 1. The summed E-state index contributed by atoms with van der Waals surface area (Å²) in [6, 6.07) is 0. The molecule has 17 heavy (non-hydrogen) atoms. The number of benzene rings is 1. The molecule has 0 amide bonds. The molecule has 0 heterocycles. The van der Waals surface area contributed by atoms with Crippen LogP contribution in [-0.4, -0.2) is 13.7 Å². The molecule has 0 aromatic heterocycles. The van der Waals surface area contributed by atoms with E-state index in [4.69, 9.17) is 22.1 Å². The van der Waals surface area contributed by atoms with E-state index in [1.165, 1.54) is 11.1 Å². The number of methoxy groups -OCH3 is 1. The van der Waals surface area contributed by atoms with Crippen LogP contribution in [0.1, 0.15) is 41.5 Å². The Balaban J connectivity index is 3.42. The summed E-state index contributed by atoms with van der Waals surface area (Å²) >= 11 is 6.36. The van der Waals surface area contributed by atoms with Crippen LogP contribution in [0.25, 0.3) is 0 Å². The number of hydrogen-bond acceptors (Lipinski definition) is 2. The van der Waals surface area contributed by atoms with Gasteiger partial charge in [0, 0.05) is 0 Å². The molecule has 0 saturated heterocycles. The van der Waals surface area contributed by atoms with Crippen molar-refractivity contribution in [2.45, 2.75) is 40.0 Å². The minimum absolute atomic E-state index is 0.433. The van der Waals surface area contributed by atoms with E-state index < -0.39 is 0 Å². The Morgan fingerprint density at radius 2 is 1.76 bits per heavy atom. The summed E-state index contributed by atoms with van der Waals surface area (Å²) in [5, 5.41) is 0.731. The van der Waals surface area contributed by atoms with Gasteiger partial charge in [0.1, 0.15) is 5.75 Å². The van der Waals surface area contributed by atoms with Gasteiger partial charge in [0.25, 0.3) is 0 Å². The fourth-order valence-electron chi connectivity index (χ4n) is 2.48. The van der Waals surface area contributed by atoms with Gasteiger partial charge >= 0.3 is 0 Å². The lowest BCUT2D eigenvalue weighted by Gasteiger charge is -2.22. The summed E-state index contributed by atoms with van der Waals surface area (Å²) in [5.74, 6) is 1.23. The fraction of sp³-hybridized carbons (Fsp3) is 0.571. The SMILES string of the molecule is COc1c(C)c(C)c(C(C)CCN)c(C)c1Cl. The van der Waals surface area contributed by atoms with Gasteiger partial charge in [-0.25, -0.2) is 0 Å². The number of nitrogens with two attached hydrogens (primary N) is 1. The first kappa shape index (κ1) is 14.3. The highest BCUT2D eigenvalue weighted by atomic mass is 35.5. The number of hydrogen-bond donors (Lipinski definition) is 1. The summed E-state index contributed by atoms with van der Waals surface area (Å²) in [4.78, 5) is 0. The van der Waals surface area contributed by atoms with E-state index in [1.54, 1.807) is 7.11 Å². The van der Waals surface area contributed by atoms with Crippen molar-refractivity contribution in [2.75, 3.05) is 13.7 Å². The zero-order chi connectivity index (χ0) is 13.2. The van der Waals surface area contributed by atoms with E-state index in [1.807, 2.05) is 0 Å². The van der Waals surface area contributed by atoms with E-state index in [0.29, 0.717) is 12.5 Å². The third-order valence-electron chi connectivity index (χ3n) is 3.54. The van der Waals surface area contributed by atoms with Gasteiger partial charge in [-0.3, -0.25) is 0 Å². The van der Waals surface area contributed by atoms with Crippen LogP contribution in [0.3, 0.4) is 0 Å². The molecule has 0 spiro atoms. The lowest BCUT2D eigenvalue weighted by atomic mass is 9.87. The molecular formula is C14H22ClNO. The summed E-state index contributed by atoms with van der Waals surface area (Å²) in [6.45, 7) is 9.13. The molecule has 1 rings (SSSR count). The molecule has 96 valence electrons. The Bertz CT molecular complexity index is 386. The molecule has 3 heteroatoms. The van der Waals surface area contributed by atoms with E-state index in [0.717, 1.165) is 28.3 Å². The minimum Gasteiger partial charge on any atom is -0.495 e. The normalized spacial score (nSPS) is 12.6. The van der Waals surface area contributed by atoms with Crippen molar-refractivity contribution in [1.82, 2.24) is 0 Å². The van der Waals surface area contributed by atoms with Crippen molar-refractivity contribution >= 4 is 11.6 Å². The van der Waals surface area contributed by atoms with Gasteiger partial charge in [0.2, 0.25) is 0 Å². The van der Waals surface area contributed by atoms with Crippen LogP contribution in [-0.2, 0) is 0 Å². The second-order valence-corrected chi connectivity index (χ2v) is 4.99. The average molecular weight is 256 g/mol. The maximum atomic E-state index is 6.36. The van der Waals surface area contributed by atoms with Crippen molar-refractivity contribution < 1.29 is 4.74 Å². The highest BCUT2D eigenvalue weighted by Crippen LogP contribution is 2.40. The van der Waals surface area contributed by atoms with Gasteiger partial charge in [0.15, 0.2) is 0 Å². The average Bonchev–Trinajstić information content (AvgIpc) is 2.28. The fourth-order valence-corrected chi connectivity index (χ4v) is 2.80. The lowest BCUT2D eigenvalue weighted by Crippen LogP contribution is -2.09. The van der Waals surface area contributed by atoms with E-state index in [2.05, 4.69) is 27.7 Å². The van der Waals surface area contributed by atoms with Crippen LogP contribution < -0.4 is 10.5 Å². The third-order valence-corrected chi connectivity index (χ3v) is 3.99. The monoisotopic (exact) mass is 255 g/mol. The maximum absolute atomic E-state index is 6.36. The molecule has 1 aromatic rings. The van der Waals surface area contributed by atoms with Gasteiger partial charge in [-0.2, -0.15) is 0 Å². The zero-order valence-corrected chi connectivity index (χ0v) is 12.1. The molecule has 2 nitrogen and oxygen atoms in total. The highest BCUT2D eigenvalue weighted by Gasteiger charge is 2.19. The van der Waals surface area contributed by atoms with Crippen molar-refractivity contribution in [2.24, 2.45) is 5.73 Å². The predicted octanol–water partition coefficient (Wildman–Crippen LogP) is 3.73. The molecule has 1 aromatic carbocycles. The number of ether oxygens (including phenoxy) is 1. The van der Waals surface area contributed by atoms with E-state index in [9.17, 15) is 0 Å². The van der Waals surface area contributed by atoms with Crippen LogP contribution in [0.5, 0.6) is 5.75 Å². The maximum Gasteiger partial charge on any atom is 0.140 e. The number of rotatable bonds is 4. The third kappa shape index (κ3) is 2.58.